The number of esters is 1. The minimum atomic E-state index is -0.849. The number of hydrogen-bond donors (Lipinski definition) is 1. The molecule has 2 rings (SSSR count). The smallest absolute Gasteiger partial charge is 0.349 e. The average molecular weight is 275 g/mol. The van der Waals surface area contributed by atoms with E-state index in [-0.39, 0.29) is 5.56 Å². The summed E-state index contributed by atoms with van der Waals surface area (Å²) in [7, 11) is 1.22. The summed E-state index contributed by atoms with van der Waals surface area (Å²) in [4.78, 5) is 35.0. The van der Waals surface area contributed by atoms with Crippen molar-refractivity contribution in [3.63, 3.8) is 0 Å². The maximum absolute atomic E-state index is 12.0. The first-order chi connectivity index (χ1) is 9.52. The van der Waals surface area contributed by atoms with Crippen LogP contribution in [0.25, 0.3) is 11.0 Å². The number of ether oxygens (including phenoxy) is 1. The van der Waals surface area contributed by atoms with Crippen LogP contribution < -0.4 is 10.9 Å². The Morgan fingerprint density at radius 1 is 1.30 bits per heavy atom. The van der Waals surface area contributed by atoms with Gasteiger partial charge in [0, 0.05) is 5.39 Å². The lowest BCUT2D eigenvalue weighted by molar-refractivity contribution is -0.142. The monoisotopic (exact) mass is 275 g/mol. The van der Waals surface area contributed by atoms with Gasteiger partial charge in [-0.3, -0.25) is 4.79 Å². The summed E-state index contributed by atoms with van der Waals surface area (Å²) < 4.78 is 9.54. The summed E-state index contributed by atoms with van der Waals surface area (Å²) in [5.41, 5.74) is -0.507. The van der Waals surface area contributed by atoms with Crippen LogP contribution in [0.3, 0.4) is 0 Å². The van der Waals surface area contributed by atoms with Gasteiger partial charge in [0.05, 0.1) is 7.11 Å². The molecule has 104 valence electrons. The molecule has 20 heavy (non-hydrogen) atoms. The second-order valence-electron chi connectivity index (χ2n) is 4.20. The van der Waals surface area contributed by atoms with Crippen molar-refractivity contribution >= 4 is 22.8 Å². The number of benzene rings is 1. The van der Waals surface area contributed by atoms with E-state index in [0.29, 0.717) is 11.0 Å². The third kappa shape index (κ3) is 2.69. The average Bonchev–Trinajstić information content (AvgIpc) is 2.45. The minimum Gasteiger partial charge on any atom is -0.467 e. The van der Waals surface area contributed by atoms with Gasteiger partial charge in [-0.1, -0.05) is 18.2 Å². The van der Waals surface area contributed by atoms with Crippen molar-refractivity contribution in [2.75, 3.05) is 7.11 Å². The molecule has 0 aliphatic carbocycles. The van der Waals surface area contributed by atoms with Crippen molar-refractivity contribution in [2.24, 2.45) is 0 Å². The molecule has 1 atom stereocenters. The standard InChI is InChI=1S/C14H13NO5/c1-8(13(17)19-2)15-12(16)10-7-9-5-3-4-6-11(9)20-14(10)18/h3-8H,1-2H3,(H,15,16). The number of nitrogens with one attached hydrogen (secondary N) is 1. The van der Waals surface area contributed by atoms with E-state index < -0.39 is 23.5 Å². The Morgan fingerprint density at radius 3 is 2.70 bits per heavy atom. The highest BCUT2D eigenvalue weighted by Crippen LogP contribution is 2.12. The normalized spacial score (nSPS) is 11.9. The fourth-order valence-corrected chi connectivity index (χ4v) is 1.73. The molecule has 1 aromatic heterocycles. The van der Waals surface area contributed by atoms with Gasteiger partial charge in [0.1, 0.15) is 17.2 Å². The molecule has 0 radical (unpaired) electrons. The zero-order valence-electron chi connectivity index (χ0n) is 11.0. The van der Waals surface area contributed by atoms with E-state index in [0.717, 1.165) is 0 Å². The summed E-state index contributed by atoms with van der Waals surface area (Å²) in [5.74, 6) is -1.27. The number of fused-ring (bicyclic) bond motifs is 1. The van der Waals surface area contributed by atoms with Gasteiger partial charge >= 0.3 is 11.6 Å². The Morgan fingerprint density at radius 2 is 2.00 bits per heavy atom. The highest BCUT2D eigenvalue weighted by atomic mass is 16.5. The number of methoxy groups -OCH3 is 1. The SMILES string of the molecule is COC(=O)C(C)NC(=O)c1cc2ccccc2oc1=O. The first-order valence-corrected chi connectivity index (χ1v) is 5.94. The summed E-state index contributed by atoms with van der Waals surface area (Å²) >= 11 is 0. The molecular weight excluding hydrogens is 262 g/mol. The third-order valence-electron chi connectivity index (χ3n) is 2.79. The lowest BCUT2D eigenvalue weighted by atomic mass is 10.1. The van der Waals surface area contributed by atoms with Crippen molar-refractivity contribution in [2.45, 2.75) is 13.0 Å². The molecule has 0 aliphatic heterocycles. The first kappa shape index (κ1) is 13.8. The summed E-state index contributed by atoms with van der Waals surface area (Å²) in [6, 6.07) is 7.43. The fraction of sp³-hybridized carbons (Fsp3) is 0.214. The van der Waals surface area contributed by atoms with Gasteiger partial charge in [0.25, 0.3) is 5.91 Å². The maximum atomic E-state index is 12.0. The minimum absolute atomic E-state index is 0.153. The fourth-order valence-electron chi connectivity index (χ4n) is 1.73. The molecule has 0 fully saturated rings. The molecule has 1 aromatic carbocycles. The van der Waals surface area contributed by atoms with Gasteiger partial charge in [0.15, 0.2) is 0 Å². The number of rotatable bonds is 3. The quantitative estimate of drug-likeness (QED) is 0.669. The lowest BCUT2D eigenvalue weighted by Gasteiger charge is -2.10. The van der Waals surface area contributed by atoms with Crippen LogP contribution in [0.4, 0.5) is 0 Å². The Balaban J connectivity index is 2.33. The summed E-state index contributed by atoms with van der Waals surface area (Å²) in [6.07, 6.45) is 0. The van der Waals surface area contributed by atoms with Gasteiger partial charge < -0.3 is 14.5 Å². The third-order valence-corrected chi connectivity index (χ3v) is 2.79. The molecule has 1 N–H and O–H groups in total. The first-order valence-electron chi connectivity index (χ1n) is 5.94. The topological polar surface area (TPSA) is 85.6 Å². The van der Waals surface area contributed by atoms with E-state index in [4.69, 9.17) is 4.42 Å². The Kier molecular flexibility index (Phi) is 3.84. The predicted molar refractivity (Wildman–Crippen MR) is 71.4 cm³/mol. The molecule has 0 spiro atoms. The van der Waals surface area contributed by atoms with E-state index in [1.165, 1.54) is 20.1 Å². The molecule has 2 aromatic rings. The van der Waals surface area contributed by atoms with Gasteiger partial charge in [0.2, 0.25) is 0 Å². The number of carbonyl (C=O) groups is 2. The highest BCUT2D eigenvalue weighted by molar-refractivity contribution is 5.98. The maximum Gasteiger partial charge on any atom is 0.349 e. The van der Waals surface area contributed by atoms with Crippen LogP contribution in [-0.4, -0.2) is 25.0 Å². The Bertz CT molecular complexity index is 719. The van der Waals surface area contributed by atoms with Gasteiger partial charge in [-0.15, -0.1) is 0 Å². The molecule has 6 nitrogen and oxygen atoms in total. The molecule has 0 bridgehead atoms. The van der Waals surface area contributed by atoms with Crippen LogP contribution in [0.5, 0.6) is 0 Å². The van der Waals surface area contributed by atoms with Crippen molar-refractivity contribution in [3.05, 3.63) is 46.3 Å². The van der Waals surface area contributed by atoms with Crippen LogP contribution in [0.15, 0.2) is 39.5 Å². The van der Waals surface area contributed by atoms with Crippen LogP contribution in [-0.2, 0) is 9.53 Å². The summed E-state index contributed by atoms with van der Waals surface area (Å²) in [6.45, 7) is 1.46. The van der Waals surface area contributed by atoms with Gasteiger partial charge in [-0.05, 0) is 19.1 Å². The van der Waals surface area contributed by atoms with E-state index >= 15 is 0 Å². The second kappa shape index (κ2) is 5.56. The van der Waals surface area contributed by atoms with E-state index in [1.807, 2.05) is 0 Å². The molecule has 1 unspecified atom stereocenters. The zero-order valence-corrected chi connectivity index (χ0v) is 11.0. The van der Waals surface area contributed by atoms with E-state index in [1.54, 1.807) is 24.3 Å². The molecule has 0 saturated heterocycles. The van der Waals surface area contributed by atoms with Crippen LogP contribution in [0, 0.1) is 0 Å². The van der Waals surface area contributed by atoms with Crippen molar-refractivity contribution in [1.29, 1.82) is 0 Å². The van der Waals surface area contributed by atoms with Crippen molar-refractivity contribution < 1.29 is 18.7 Å². The Hall–Kier alpha value is -2.63. The van der Waals surface area contributed by atoms with Crippen LogP contribution in [0.1, 0.15) is 17.3 Å². The molecule has 0 aliphatic rings. The van der Waals surface area contributed by atoms with Crippen LogP contribution >= 0.6 is 0 Å². The number of hydrogen-bond acceptors (Lipinski definition) is 5. The van der Waals surface area contributed by atoms with Crippen molar-refractivity contribution in [1.82, 2.24) is 5.32 Å². The largest absolute Gasteiger partial charge is 0.467 e. The molecule has 0 saturated carbocycles. The lowest BCUT2D eigenvalue weighted by Crippen LogP contribution is -2.40. The molecule has 1 amide bonds. The van der Waals surface area contributed by atoms with E-state index in [2.05, 4.69) is 10.1 Å². The van der Waals surface area contributed by atoms with Crippen LogP contribution in [0.2, 0.25) is 0 Å². The molecule has 6 heteroatoms. The number of para-hydroxylation sites is 1. The predicted octanol–water partition coefficient (Wildman–Crippen LogP) is 1.08. The molecule has 1 heterocycles. The second-order valence-corrected chi connectivity index (χ2v) is 4.20. The van der Waals surface area contributed by atoms with Gasteiger partial charge in [-0.2, -0.15) is 0 Å². The van der Waals surface area contributed by atoms with Crippen molar-refractivity contribution in [3.8, 4) is 0 Å². The van der Waals surface area contributed by atoms with E-state index in [9.17, 15) is 14.4 Å². The summed E-state index contributed by atoms with van der Waals surface area (Å²) in [5, 5.41) is 3.01. The van der Waals surface area contributed by atoms with Gasteiger partial charge in [-0.25, -0.2) is 9.59 Å². The number of amides is 1. The number of carbonyl (C=O) groups excluding carboxylic acids is 2. The zero-order chi connectivity index (χ0) is 14.7. The Labute approximate surface area is 114 Å². The molecular formula is C14H13NO5. The highest BCUT2D eigenvalue weighted by Gasteiger charge is 2.20.